The molecular weight excluding hydrogens is 272 g/mol. The second-order valence-electron chi connectivity index (χ2n) is 3.73. The third kappa shape index (κ3) is 2.74. The Hall–Kier alpha value is -2.90. The lowest BCUT2D eigenvalue weighted by atomic mass is 10.2. The zero-order valence-electron chi connectivity index (χ0n) is 9.84. The Morgan fingerprint density at radius 1 is 1.30 bits per heavy atom. The van der Waals surface area contributed by atoms with Gasteiger partial charge in [-0.15, -0.1) is 0 Å². The lowest BCUT2D eigenvalue weighted by molar-refractivity contribution is -0.384. The van der Waals surface area contributed by atoms with Crippen molar-refractivity contribution < 1.29 is 18.5 Å². The van der Waals surface area contributed by atoms with E-state index in [4.69, 9.17) is 0 Å². The molecule has 0 fully saturated rings. The van der Waals surface area contributed by atoms with Gasteiger partial charge < -0.3 is 5.32 Å². The third-order valence-corrected chi connectivity index (χ3v) is 2.42. The molecule has 0 atom stereocenters. The van der Waals surface area contributed by atoms with Gasteiger partial charge in [-0.2, -0.15) is 0 Å². The number of halogens is 2. The van der Waals surface area contributed by atoms with E-state index in [1.807, 2.05) is 0 Å². The number of hydrogen-bond acceptors (Lipinski definition) is 4. The van der Waals surface area contributed by atoms with Gasteiger partial charge in [-0.05, 0) is 24.3 Å². The molecule has 102 valence electrons. The number of carbonyl (C=O) groups is 1. The van der Waals surface area contributed by atoms with Crippen molar-refractivity contribution >= 4 is 17.3 Å². The molecule has 20 heavy (non-hydrogen) atoms. The quantitative estimate of drug-likeness (QED) is 0.691. The maximum absolute atomic E-state index is 13.4. The van der Waals surface area contributed by atoms with Gasteiger partial charge in [-0.25, -0.2) is 8.78 Å². The number of pyridine rings is 1. The molecule has 2 rings (SSSR count). The summed E-state index contributed by atoms with van der Waals surface area (Å²) >= 11 is 0. The van der Waals surface area contributed by atoms with E-state index in [0.717, 1.165) is 18.3 Å². The average Bonchev–Trinajstić information content (AvgIpc) is 2.41. The molecule has 0 saturated heterocycles. The van der Waals surface area contributed by atoms with Crippen LogP contribution in [0.1, 0.15) is 10.4 Å². The molecule has 2 aromatic rings. The van der Waals surface area contributed by atoms with Gasteiger partial charge in [0.25, 0.3) is 5.91 Å². The molecule has 0 radical (unpaired) electrons. The highest BCUT2D eigenvalue weighted by molar-refractivity contribution is 6.05. The van der Waals surface area contributed by atoms with Gasteiger partial charge in [0.05, 0.1) is 10.5 Å². The number of anilines is 1. The number of carbonyl (C=O) groups excluding carboxylic acids is 1. The molecule has 1 N–H and O–H groups in total. The normalized spacial score (nSPS) is 10.1. The Labute approximate surface area is 111 Å². The van der Waals surface area contributed by atoms with Crippen LogP contribution in [0.2, 0.25) is 0 Å². The Morgan fingerprint density at radius 2 is 2.05 bits per heavy atom. The van der Waals surface area contributed by atoms with Crippen molar-refractivity contribution in [2.75, 3.05) is 5.32 Å². The smallest absolute Gasteiger partial charge is 0.310 e. The second-order valence-corrected chi connectivity index (χ2v) is 3.73. The van der Waals surface area contributed by atoms with Gasteiger partial charge in [-0.3, -0.25) is 19.9 Å². The molecule has 0 aliphatic heterocycles. The van der Waals surface area contributed by atoms with Crippen molar-refractivity contribution in [3.8, 4) is 0 Å². The first-order valence-electron chi connectivity index (χ1n) is 5.34. The summed E-state index contributed by atoms with van der Waals surface area (Å²) in [6.45, 7) is 0. The van der Waals surface area contributed by atoms with Crippen LogP contribution in [0.4, 0.5) is 20.2 Å². The van der Waals surface area contributed by atoms with E-state index in [0.29, 0.717) is 6.07 Å². The van der Waals surface area contributed by atoms with Crippen LogP contribution < -0.4 is 5.32 Å². The summed E-state index contributed by atoms with van der Waals surface area (Å²) < 4.78 is 26.4. The Morgan fingerprint density at radius 3 is 2.75 bits per heavy atom. The molecule has 1 amide bonds. The fourth-order valence-electron chi connectivity index (χ4n) is 1.50. The van der Waals surface area contributed by atoms with Gasteiger partial charge in [0.15, 0.2) is 0 Å². The number of nitro groups is 1. The summed E-state index contributed by atoms with van der Waals surface area (Å²) in [6.07, 6.45) is 2.17. The van der Waals surface area contributed by atoms with E-state index in [2.05, 4.69) is 10.3 Å². The second kappa shape index (κ2) is 5.39. The maximum atomic E-state index is 13.4. The summed E-state index contributed by atoms with van der Waals surface area (Å²) in [5, 5.41) is 12.9. The van der Waals surface area contributed by atoms with E-state index < -0.39 is 33.7 Å². The predicted octanol–water partition coefficient (Wildman–Crippen LogP) is 2.52. The van der Waals surface area contributed by atoms with Crippen molar-refractivity contribution in [1.29, 1.82) is 0 Å². The highest BCUT2D eigenvalue weighted by Crippen LogP contribution is 2.23. The molecule has 0 aliphatic rings. The minimum absolute atomic E-state index is 0.154. The van der Waals surface area contributed by atoms with E-state index in [-0.39, 0.29) is 5.69 Å². The summed E-state index contributed by atoms with van der Waals surface area (Å²) in [5.74, 6) is -2.71. The van der Waals surface area contributed by atoms with Crippen molar-refractivity contribution in [3.05, 3.63) is 64.0 Å². The van der Waals surface area contributed by atoms with E-state index in [1.54, 1.807) is 0 Å². The molecule has 8 heteroatoms. The van der Waals surface area contributed by atoms with Gasteiger partial charge in [0, 0.05) is 6.20 Å². The van der Waals surface area contributed by atoms with E-state index in [9.17, 15) is 23.7 Å². The summed E-state index contributed by atoms with van der Waals surface area (Å²) in [4.78, 5) is 25.3. The molecular formula is C12H7F2N3O3. The van der Waals surface area contributed by atoms with E-state index >= 15 is 0 Å². The Balaban J connectivity index is 2.33. The first-order valence-corrected chi connectivity index (χ1v) is 5.34. The molecule has 0 saturated carbocycles. The number of amides is 1. The van der Waals surface area contributed by atoms with Crippen molar-refractivity contribution in [1.82, 2.24) is 4.98 Å². The Bertz CT molecular complexity index is 691. The number of aromatic nitrogens is 1. The fraction of sp³-hybridized carbons (Fsp3) is 0. The van der Waals surface area contributed by atoms with E-state index in [1.165, 1.54) is 12.3 Å². The highest BCUT2D eigenvalue weighted by atomic mass is 19.1. The standard InChI is InChI=1S/C12H7F2N3O3/c13-7-1-2-9(14)8(5-7)12(18)16-10-3-4-15-6-11(10)17(19)20/h1-6H,(H,15,16,18). The minimum Gasteiger partial charge on any atom is -0.316 e. The number of benzene rings is 1. The molecule has 0 unspecified atom stereocenters. The predicted molar refractivity (Wildman–Crippen MR) is 65.2 cm³/mol. The number of rotatable bonds is 3. The molecule has 0 spiro atoms. The van der Waals surface area contributed by atoms with Gasteiger partial charge in [0.2, 0.25) is 0 Å². The SMILES string of the molecule is O=C(Nc1ccncc1[N+](=O)[O-])c1cc(F)ccc1F. The molecule has 0 aliphatic carbocycles. The maximum Gasteiger partial charge on any atom is 0.310 e. The molecule has 6 nitrogen and oxygen atoms in total. The van der Waals surface area contributed by atoms with Gasteiger partial charge >= 0.3 is 5.69 Å². The van der Waals surface area contributed by atoms with Crippen LogP contribution >= 0.6 is 0 Å². The van der Waals surface area contributed by atoms with Crippen LogP contribution in [0.15, 0.2) is 36.7 Å². The first kappa shape index (κ1) is 13.5. The molecule has 1 heterocycles. The molecule has 1 aromatic heterocycles. The number of nitrogens with one attached hydrogen (secondary N) is 1. The molecule has 1 aromatic carbocycles. The number of hydrogen-bond donors (Lipinski definition) is 1. The summed E-state index contributed by atoms with van der Waals surface area (Å²) in [6, 6.07) is 3.55. The summed E-state index contributed by atoms with van der Waals surface area (Å²) in [5.41, 5.74) is -1.15. The molecule has 0 bridgehead atoms. The number of nitrogens with zero attached hydrogens (tertiary/aromatic N) is 2. The van der Waals surface area contributed by atoms with Crippen LogP contribution in [0.5, 0.6) is 0 Å². The average molecular weight is 279 g/mol. The van der Waals surface area contributed by atoms with Crippen LogP contribution in [-0.4, -0.2) is 15.8 Å². The fourth-order valence-corrected chi connectivity index (χ4v) is 1.50. The van der Waals surface area contributed by atoms with Gasteiger partial charge in [0.1, 0.15) is 23.5 Å². The van der Waals surface area contributed by atoms with Crippen molar-refractivity contribution in [3.63, 3.8) is 0 Å². The van der Waals surface area contributed by atoms with Crippen LogP contribution in [0, 0.1) is 21.7 Å². The zero-order chi connectivity index (χ0) is 14.7. The van der Waals surface area contributed by atoms with Crippen LogP contribution in [-0.2, 0) is 0 Å². The van der Waals surface area contributed by atoms with Crippen LogP contribution in [0.3, 0.4) is 0 Å². The van der Waals surface area contributed by atoms with Gasteiger partial charge in [-0.1, -0.05) is 0 Å². The van der Waals surface area contributed by atoms with Crippen LogP contribution in [0.25, 0.3) is 0 Å². The Kier molecular flexibility index (Phi) is 3.65. The minimum atomic E-state index is -0.990. The first-order chi connectivity index (χ1) is 9.49. The topological polar surface area (TPSA) is 85.1 Å². The lowest BCUT2D eigenvalue weighted by Crippen LogP contribution is -2.15. The highest BCUT2D eigenvalue weighted by Gasteiger charge is 2.18. The lowest BCUT2D eigenvalue weighted by Gasteiger charge is -2.06. The van der Waals surface area contributed by atoms with Crippen molar-refractivity contribution in [2.24, 2.45) is 0 Å². The largest absolute Gasteiger partial charge is 0.316 e. The summed E-state index contributed by atoms with van der Waals surface area (Å²) in [7, 11) is 0. The van der Waals surface area contributed by atoms with Crippen molar-refractivity contribution in [2.45, 2.75) is 0 Å². The monoisotopic (exact) mass is 279 g/mol. The zero-order valence-corrected chi connectivity index (χ0v) is 9.84. The third-order valence-electron chi connectivity index (χ3n) is 2.42.